The van der Waals surface area contributed by atoms with Gasteiger partial charge in [0.2, 0.25) is 0 Å². The fourth-order valence-electron chi connectivity index (χ4n) is 7.45. The molecule has 4 heteroatoms. The molecule has 5 aliphatic rings. The maximum atomic E-state index is 14.2. The van der Waals surface area contributed by atoms with E-state index in [1.54, 1.807) is 0 Å². The van der Waals surface area contributed by atoms with Crippen LogP contribution >= 0.6 is 0 Å². The Morgan fingerprint density at radius 2 is 1.82 bits per heavy atom. The van der Waals surface area contributed by atoms with E-state index in [0.29, 0.717) is 12.3 Å². The second-order valence-corrected chi connectivity index (χ2v) is 10.4. The number of halogens is 1. The van der Waals surface area contributed by atoms with Crippen molar-refractivity contribution in [3.05, 3.63) is 11.8 Å². The van der Waals surface area contributed by atoms with Crippen molar-refractivity contribution in [3.63, 3.8) is 0 Å². The van der Waals surface area contributed by atoms with Crippen LogP contribution in [0.3, 0.4) is 0 Å². The fourth-order valence-corrected chi connectivity index (χ4v) is 7.45. The van der Waals surface area contributed by atoms with Crippen LogP contribution in [-0.4, -0.2) is 23.8 Å². The maximum absolute atomic E-state index is 14.2. The first kappa shape index (κ1) is 18.8. The van der Waals surface area contributed by atoms with Crippen molar-refractivity contribution in [1.82, 2.24) is 5.32 Å². The number of nitrogens with zero attached hydrogens (tertiary/aromatic N) is 1. The third-order valence-corrected chi connectivity index (χ3v) is 8.77. The van der Waals surface area contributed by atoms with Crippen molar-refractivity contribution in [2.24, 2.45) is 34.1 Å². The molecule has 2 N–H and O–H groups in total. The number of aliphatic imine (C=N–C) groups is 1. The second-order valence-electron chi connectivity index (χ2n) is 10.4. The monoisotopic (exact) mass is 385 g/mol. The Labute approximate surface area is 169 Å². The first-order valence-electron chi connectivity index (χ1n) is 11.8. The van der Waals surface area contributed by atoms with Crippen LogP contribution in [0.5, 0.6) is 0 Å². The Bertz CT molecular complexity index is 682. The summed E-state index contributed by atoms with van der Waals surface area (Å²) in [7, 11) is 0. The molecule has 4 bridgehead atoms. The third-order valence-electron chi connectivity index (χ3n) is 8.77. The Balaban J connectivity index is 1.34. The zero-order chi connectivity index (χ0) is 19.3. The highest BCUT2D eigenvalue weighted by Crippen LogP contribution is 2.51. The van der Waals surface area contributed by atoms with Gasteiger partial charge in [0.1, 0.15) is 12.3 Å². The van der Waals surface area contributed by atoms with Crippen molar-refractivity contribution in [2.45, 2.75) is 96.3 Å². The van der Waals surface area contributed by atoms with Gasteiger partial charge in [-0.05, 0) is 88.5 Å². The minimum Gasteiger partial charge on any atom is -0.367 e. The molecule has 4 saturated carbocycles. The summed E-state index contributed by atoms with van der Waals surface area (Å²) in [6, 6.07) is 0. The number of hydrogen-bond acceptors (Lipinski definition) is 3. The van der Waals surface area contributed by atoms with Gasteiger partial charge in [0, 0.05) is 34.9 Å². The van der Waals surface area contributed by atoms with E-state index in [2.05, 4.69) is 18.3 Å². The molecule has 3 nitrogen and oxygen atoms in total. The number of hydrogen-bond donors (Lipinski definition) is 2. The molecule has 28 heavy (non-hydrogen) atoms. The van der Waals surface area contributed by atoms with Gasteiger partial charge < -0.3 is 10.7 Å². The summed E-state index contributed by atoms with van der Waals surface area (Å²) in [6.07, 6.45) is 15.0. The molecule has 0 aromatic rings. The molecule has 0 radical (unpaired) electrons. The highest BCUT2D eigenvalue weighted by atomic mass is 19.1. The molecule has 6 unspecified atom stereocenters. The molecule has 0 saturated heterocycles. The lowest BCUT2D eigenvalue weighted by Crippen LogP contribution is -2.43. The highest BCUT2D eigenvalue weighted by Gasteiger charge is 2.46. The van der Waals surface area contributed by atoms with Crippen LogP contribution in [0, 0.1) is 34.5 Å². The summed E-state index contributed by atoms with van der Waals surface area (Å²) in [5.74, 6) is 2.58. The molecule has 0 aromatic carbocycles. The predicted molar refractivity (Wildman–Crippen MR) is 113 cm³/mol. The van der Waals surface area contributed by atoms with Crippen molar-refractivity contribution < 1.29 is 4.39 Å². The van der Waals surface area contributed by atoms with Crippen molar-refractivity contribution >= 4 is 11.4 Å². The molecule has 154 valence electrons. The van der Waals surface area contributed by atoms with E-state index in [-0.39, 0.29) is 17.5 Å². The molecular formula is C24H36FN3. The van der Waals surface area contributed by atoms with Gasteiger partial charge in [-0.25, -0.2) is 4.39 Å². The fraction of sp³-hybridized carbons (Fsp3) is 0.833. The minimum absolute atomic E-state index is 0.0674. The van der Waals surface area contributed by atoms with Crippen LogP contribution in [0.25, 0.3) is 0 Å². The van der Waals surface area contributed by atoms with Crippen LogP contribution in [0.15, 0.2) is 16.8 Å². The lowest BCUT2D eigenvalue weighted by molar-refractivity contribution is 0.0577. The largest absolute Gasteiger partial charge is 0.367 e. The average Bonchev–Trinajstić information content (AvgIpc) is 2.93. The van der Waals surface area contributed by atoms with Crippen LogP contribution in [0.2, 0.25) is 0 Å². The van der Waals surface area contributed by atoms with Crippen LogP contribution < -0.4 is 5.32 Å². The molecule has 5 rings (SSSR count). The number of alkyl halides is 1. The summed E-state index contributed by atoms with van der Waals surface area (Å²) in [4.78, 5) is 5.03. The number of allylic oxidation sites excluding steroid dienone is 2. The Hall–Kier alpha value is -1.19. The number of fused-ring (bicyclic) bond motifs is 4. The normalized spacial score (nSPS) is 46.8. The van der Waals surface area contributed by atoms with Crippen molar-refractivity contribution in [3.8, 4) is 0 Å². The predicted octanol–water partition coefficient (Wildman–Crippen LogP) is 5.81. The average molecular weight is 386 g/mol. The van der Waals surface area contributed by atoms with E-state index in [9.17, 15) is 4.39 Å². The van der Waals surface area contributed by atoms with E-state index < -0.39 is 6.17 Å². The number of rotatable bonds is 3. The summed E-state index contributed by atoms with van der Waals surface area (Å²) >= 11 is 0. The molecular weight excluding hydrogens is 349 g/mol. The molecule has 1 heterocycles. The third kappa shape index (κ3) is 3.25. The second kappa shape index (κ2) is 7.25. The first-order valence-corrected chi connectivity index (χ1v) is 11.8. The first-order chi connectivity index (χ1) is 13.5. The zero-order valence-electron chi connectivity index (χ0n) is 17.4. The standard InChI is InChI=1S/C24H36FN3/c1-15-27-19(12-21(28-15)23-16-4-2-5-17(23)8-7-16)13-22(26)24-10-3-6-18(14-24)20(25)9-11-24/h13,15-18,20,23,26-27H,2-12,14H2,1H3/b19-13+,26-22?/t15?,16-,17?,18?,20?,23?,24?/m0/s1. The van der Waals surface area contributed by atoms with Crippen molar-refractivity contribution in [1.29, 1.82) is 5.41 Å². The van der Waals surface area contributed by atoms with Crippen LogP contribution in [0.1, 0.15) is 84.0 Å². The van der Waals surface area contributed by atoms with Gasteiger partial charge in [0.15, 0.2) is 0 Å². The summed E-state index contributed by atoms with van der Waals surface area (Å²) < 4.78 is 14.2. The van der Waals surface area contributed by atoms with Gasteiger partial charge in [-0.2, -0.15) is 0 Å². The van der Waals surface area contributed by atoms with Gasteiger partial charge in [-0.15, -0.1) is 0 Å². The van der Waals surface area contributed by atoms with E-state index >= 15 is 0 Å². The highest BCUT2D eigenvalue weighted by molar-refractivity contribution is 5.99. The zero-order valence-corrected chi connectivity index (χ0v) is 17.4. The van der Waals surface area contributed by atoms with Gasteiger partial charge in [0.05, 0.1) is 0 Å². The number of nitrogens with one attached hydrogen (secondary N) is 2. The maximum Gasteiger partial charge on any atom is 0.115 e. The van der Waals surface area contributed by atoms with E-state index in [1.807, 2.05) is 0 Å². The SMILES string of the molecule is CC1N=C(C2C3CCC[C@H]2CC3)C/C(=C\C(=N)C23CCCC(C2)C(F)CC3)N1. The van der Waals surface area contributed by atoms with Gasteiger partial charge in [0.25, 0.3) is 0 Å². The Morgan fingerprint density at radius 1 is 1.07 bits per heavy atom. The van der Waals surface area contributed by atoms with Gasteiger partial charge in [-0.3, -0.25) is 4.99 Å². The minimum atomic E-state index is -0.637. The molecule has 0 spiro atoms. The molecule has 0 amide bonds. The smallest absolute Gasteiger partial charge is 0.115 e. The van der Waals surface area contributed by atoms with Crippen LogP contribution in [0.4, 0.5) is 4.39 Å². The summed E-state index contributed by atoms with van der Waals surface area (Å²) in [5, 5.41) is 12.5. The lowest BCUT2D eigenvalue weighted by atomic mass is 9.59. The Morgan fingerprint density at radius 3 is 2.61 bits per heavy atom. The summed E-state index contributed by atoms with van der Waals surface area (Å²) in [5.41, 5.74) is 3.28. The molecule has 7 atom stereocenters. The van der Waals surface area contributed by atoms with E-state index in [1.165, 1.54) is 43.5 Å². The van der Waals surface area contributed by atoms with Crippen molar-refractivity contribution in [2.75, 3.05) is 0 Å². The van der Waals surface area contributed by atoms with E-state index in [0.717, 1.165) is 56.1 Å². The Kier molecular flexibility index (Phi) is 4.87. The lowest BCUT2D eigenvalue weighted by Gasteiger charge is -2.46. The molecule has 4 fully saturated rings. The van der Waals surface area contributed by atoms with Gasteiger partial charge in [-0.1, -0.05) is 12.8 Å². The topological polar surface area (TPSA) is 48.2 Å². The van der Waals surface area contributed by atoms with E-state index in [4.69, 9.17) is 10.4 Å². The molecule has 0 aromatic heterocycles. The quantitative estimate of drug-likeness (QED) is 0.592. The van der Waals surface area contributed by atoms with Crippen LogP contribution in [-0.2, 0) is 0 Å². The molecule has 4 aliphatic carbocycles. The molecule has 1 aliphatic heterocycles. The van der Waals surface area contributed by atoms with Gasteiger partial charge >= 0.3 is 0 Å². The summed E-state index contributed by atoms with van der Waals surface area (Å²) in [6.45, 7) is 2.14.